The van der Waals surface area contributed by atoms with E-state index in [4.69, 9.17) is 11.6 Å². The summed E-state index contributed by atoms with van der Waals surface area (Å²) in [7, 11) is 0. The van der Waals surface area contributed by atoms with Crippen LogP contribution in [0.3, 0.4) is 0 Å². The molecule has 0 aliphatic carbocycles. The van der Waals surface area contributed by atoms with Crippen molar-refractivity contribution in [2.75, 3.05) is 17.7 Å². The number of nitrogens with zero attached hydrogens (tertiary/aromatic N) is 1. The Hall–Kier alpha value is -2.24. The van der Waals surface area contributed by atoms with Crippen molar-refractivity contribution in [3.63, 3.8) is 0 Å². The number of aliphatic hydroxyl groups excluding tert-OH is 1. The van der Waals surface area contributed by atoms with Gasteiger partial charge >= 0.3 is 0 Å². The molecule has 114 valence electrons. The first-order valence-electron chi connectivity index (χ1n) is 6.93. The van der Waals surface area contributed by atoms with Gasteiger partial charge in [-0.1, -0.05) is 12.1 Å². The number of aromatic nitrogens is 2. The van der Waals surface area contributed by atoms with Crippen molar-refractivity contribution in [1.82, 2.24) is 9.97 Å². The van der Waals surface area contributed by atoms with Gasteiger partial charge in [0.25, 0.3) is 0 Å². The lowest BCUT2D eigenvalue weighted by Crippen LogP contribution is -2.20. The van der Waals surface area contributed by atoms with Gasteiger partial charge < -0.3 is 20.5 Å². The molecule has 0 saturated carbocycles. The van der Waals surface area contributed by atoms with Gasteiger partial charge in [0.15, 0.2) is 0 Å². The molecule has 0 aliphatic heterocycles. The summed E-state index contributed by atoms with van der Waals surface area (Å²) in [5.74, 6) is 1.10. The molecule has 2 aromatic carbocycles. The fourth-order valence-electron chi connectivity index (χ4n) is 2.20. The number of fused-ring (bicyclic) bond motifs is 1. The average Bonchev–Trinajstić information content (AvgIpc) is 2.95. The minimum absolute atomic E-state index is 0.195. The van der Waals surface area contributed by atoms with Crippen molar-refractivity contribution in [3.05, 3.63) is 42.5 Å². The van der Waals surface area contributed by atoms with E-state index in [-0.39, 0.29) is 11.6 Å². The molecule has 0 amide bonds. The smallest absolute Gasteiger partial charge is 0.138 e. The lowest BCUT2D eigenvalue weighted by molar-refractivity contribution is 0.211. The summed E-state index contributed by atoms with van der Waals surface area (Å²) in [6, 6.07) is 12.7. The Morgan fingerprint density at radius 1 is 1.23 bits per heavy atom. The van der Waals surface area contributed by atoms with Crippen LogP contribution in [0.25, 0.3) is 22.4 Å². The fraction of sp³-hybridized carbons (Fsp3) is 0.188. The van der Waals surface area contributed by atoms with E-state index in [1.807, 2.05) is 24.3 Å². The molecule has 1 atom stereocenters. The van der Waals surface area contributed by atoms with E-state index >= 15 is 0 Å². The van der Waals surface area contributed by atoms with Crippen LogP contribution in [0.5, 0.6) is 5.75 Å². The van der Waals surface area contributed by atoms with Crippen LogP contribution in [0.1, 0.15) is 0 Å². The minimum atomic E-state index is -0.581. The molecule has 1 unspecified atom stereocenters. The summed E-state index contributed by atoms with van der Waals surface area (Å²) in [6.45, 7) is 0.391. The van der Waals surface area contributed by atoms with Crippen molar-refractivity contribution in [2.45, 2.75) is 6.10 Å². The van der Waals surface area contributed by atoms with Gasteiger partial charge in [-0.05, 0) is 30.3 Å². The highest BCUT2D eigenvalue weighted by molar-refractivity contribution is 6.18. The molecule has 1 aromatic heterocycles. The second-order valence-electron chi connectivity index (χ2n) is 5.06. The van der Waals surface area contributed by atoms with Crippen LogP contribution < -0.4 is 5.32 Å². The van der Waals surface area contributed by atoms with E-state index in [9.17, 15) is 10.2 Å². The minimum Gasteiger partial charge on any atom is -0.508 e. The Morgan fingerprint density at radius 2 is 2.09 bits per heavy atom. The van der Waals surface area contributed by atoms with Crippen molar-refractivity contribution in [3.8, 4) is 17.1 Å². The van der Waals surface area contributed by atoms with Gasteiger partial charge in [-0.15, -0.1) is 11.6 Å². The normalized spacial score (nSPS) is 12.5. The zero-order chi connectivity index (χ0) is 15.5. The molecule has 4 N–H and O–H groups in total. The molecule has 0 saturated heterocycles. The topological polar surface area (TPSA) is 81.2 Å². The molecule has 0 bridgehead atoms. The number of hydrogen-bond acceptors (Lipinski definition) is 4. The number of imidazole rings is 1. The molecule has 3 rings (SSSR count). The number of aliphatic hydroxyl groups is 1. The summed E-state index contributed by atoms with van der Waals surface area (Å²) in [5, 5.41) is 22.1. The van der Waals surface area contributed by atoms with Gasteiger partial charge in [0.2, 0.25) is 0 Å². The summed E-state index contributed by atoms with van der Waals surface area (Å²) in [6.07, 6.45) is -0.581. The van der Waals surface area contributed by atoms with Crippen molar-refractivity contribution in [1.29, 1.82) is 0 Å². The molecule has 0 fully saturated rings. The third kappa shape index (κ3) is 3.16. The number of phenols is 1. The third-order valence-corrected chi connectivity index (χ3v) is 3.68. The zero-order valence-electron chi connectivity index (χ0n) is 11.8. The van der Waals surface area contributed by atoms with Gasteiger partial charge in [0.1, 0.15) is 11.6 Å². The van der Waals surface area contributed by atoms with Crippen LogP contribution in [0.2, 0.25) is 0 Å². The van der Waals surface area contributed by atoms with E-state index in [2.05, 4.69) is 15.3 Å². The Kier molecular flexibility index (Phi) is 4.18. The number of anilines is 1. The van der Waals surface area contributed by atoms with Crippen LogP contribution in [-0.2, 0) is 0 Å². The Balaban J connectivity index is 1.87. The van der Waals surface area contributed by atoms with E-state index < -0.39 is 6.10 Å². The quantitative estimate of drug-likeness (QED) is 0.545. The lowest BCUT2D eigenvalue weighted by atomic mass is 10.2. The van der Waals surface area contributed by atoms with Crippen LogP contribution in [0, 0.1) is 0 Å². The summed E-state index contributed by atoms with van der Waals surface area (Å²) >= 11 is 5.57. The summed E-state index contributed by atoms with van der Waals surface area (Å²) < 4.78 is 0. The third-order valence-electron chi connectivity index (χ3n) is 3.32. The van der Waals surface area contributed by atoms with E-state index in [0.717, 1.165) is 22.3 Å². The van der Waals surface area contributed by atoms with Crippen LogP contribution in [-0.4, -0.2) is 38.7 Å². The second kappa shape index (κ2) is 6.25. The number of aromatic amines is 1. The number of hydrogen-bond donors (Lipinski definition) is 4. The van der Waals surface area contributed by atoms with E-state index in [1.54, 1.807) is 18.2 Å². The van der Waals surface area contributed by atoms with Crippen molar-refractivity contribution >= 4 is 28.3 Å². The number of alkyl halides is 1. The van der Waals surface area contributed by atoms with Gasteiger partial charge in [-0.25, -0.2) is 4.98 Å². The number of H-pyrrole nitrogens is 1. The summed E-state index contributed by atoms with van der Waals surface area (Å²) in [4.78, 5) is 7.74. The number of halogens is 1. The highest BCUT2D eigenvalue weighted by atomic mass is 35.5. The van der Waals surface area contributed by atoms with Crippen molar-refractivity contribution in [2.24, 2.45) is 0 Å². The molecule has 0 aliphatic rings. The van der Waals surface area contributed by atoms with Crippen molar-refractivity contribution < 1.29 is 10.2 Å². The first kappa shape index (κ1) is 14.7. The van der Waals surface area contributed by atoms with Gasteiger partial charge in [-0.2, -0.15) is 0 Å². The number of phenolic OH excluding ortho intramolecular Hbond substituents is 1. The molecule has 6 heteroatoms. The van der Waals surface area contributed by atoms with Crippen LogP contribution in [0.15, 0.2) is 42.5 Å². The highest BCUT2D eigenvalue weighted by Gasteiger charge is 2.07. The molecule has 0 spiro atoms. The molecule has 22 heavy (non-hydrogen) atoms. The molecule has 0 radical (unpaired) electrons. The Bertz CT molecular complexity index is 788. The zero-order valence-corrected chi connectivity index (χ0v) is 12.5. The number of aromatic hydroxyl groups is 1. The van der Waals surface area contributed by atoms with Gasteiger partial charge in [-0.3, -0.25) is 0 Å². The SMILES string of the molecule is Oc1cccc(-c2nc3ccc(NCC(O)CCl)cc3[nH]2)c1. The monoisotopic (exact) mass is 317 g/mol. The van der Waals surface area contributed by atoms with Crippen LogP contribution in [0.4, 0.5) is 5.69 Å². The first-order chi connectivity index (χ1) is 10.7. The largest absolute Gasteiger partial charge is 0.508 e. The maximum absolute atomic E-state index is 9.55. The highest BCUT2D eigenvalue weighted by Crippen LogP contribution is 2.25. The maximum Gasteiger partial charge on any atom is 0.138 e. The Morgan fingerprint density at radius 3 is 2.86 bits per heavy atom. The molecule has 1 heterocycles. The molecular formula is C16H16ClN3O2. The van der Waals surface area contributed by atoms with E-state index in [1.165, 1.54) is 0 Å². The van der Waals surface area contributed by atoms with Gasteiger partial charge in [0.05, 0.1) is 23.0 Å². The predicted molar refractivity (Wildman–Crippen MR) is 88.4 cm³/mol. The number of rotatable bonds is 5. The standard InChI is InChI=1S/C16H16ClN3O2/c17-8-13(22)9-18-11-4-5-14-15(7-11)20-16(19-14)10-2-1-3-12(21)6-10/h1-7,13,18,21-22H,8-9H2,(H,19,20). The number of nitrogens with one attached hydrogen (secondary N) is 2. The lowest BCUT2D eigenvalue weighted by Gasteiger charge is -2.09. The Labute approximate surface area is 132 Å². The van der Waals surface area contributed by atoms with Crippen LogP contribution >= 0.6 is 11.6 Å². The molecule has 3 aromatic rings. The molecule has 5 nitrogen and oxygen atoms in total. The first-order valence-corrected chi connectivity index (χ1v) is 7.46. The maximum atomic E-state index is 9.55. The average molecular weight is 318 g/mol. The van der Waals surface area contributed by atoms with Gasteiger partial charge in [0, 0.05) is 17.8 Å². The second-order valence-corrected chi connectivity index (χ2v) is 5.37. The van der Waals surface area contributed by atoms with E-state index in [0.29, 0.717) is 12.4 Å². The predicted octanol–water partition coefficient (Wildman–Crippen LogP) is 2.95. The fourth-order valence-corrected chi connectivity index (χ4v) is 2.31. The summed E-state index contributed by atoms with van der Waals surface area (Å²) in [5.41, 5.74) is 3.41. The molecular weight excluding hydrogens is 302 g/mol. The number of benzene rings is 2.